The van der Waals surface area contributed by atoms with Gasteiger partial charge in [-0.3, -0.25) is 9.47 Å². The summed E-state index contributed by atoms with van der Waals surface area (Å²) in [5, 5.41) is 3.07. The highest BCUT2D eigenvalue weighted by Gasteiger charge is 2.26. The Bertz CT molecular complexity index is 936. The van der Waals surface area contributed by atoms with Gasteiger partial charge in [0.25, 0.3) is 0 Å². The molecule has 1 unspecified atom stereocenters. The first kappa shape index (κ1) is 18.3. The molecular formula is C22H27N3OS. The highest BCUT2D eigenvalue weighted by atomic mass is 32.1. The number of aromatic nitrogens is 1. The minimum Gasteiger partial charge on any atom is -0.339 e. The Morgan fingerprint density at radius 1 is 1.30 bits per heavy atom. The van der Waals surface area contributed by atoms with Crippen LogP contribution in [0.25, 0.3) is 10.9 Å². The third-order valence-electron chi connectivity index (χ3n) is 6.05. The summed E-state index contributed by atoms with van der Waals surface area (Å²) in [7, 11) is 0. The Balaban J connectivity index is 1.64. The number of rotatable bonds is 5. The van der Waals surface area contributed by atoms with Crippen LogP contribution in [0.5, 0.6) is 0 Å². The van der Waals surface area contributed by atoms with Crippen molar-refractivity contribution >= 4 is 28.0 Å². The molecule has 1 aromatic carbocycles. The number of hydrogen-bond donors (Lipinski definition) is 1. The Morgan fingerprint density at radius 2 is 2.07 bits per heavy atom. The first-order chi connectivity index (χ1) is 13.1. The highest BCUT2D eigenvalue weighted by molar-refractivity contribution is 7.12. The van der Waals surface area contributed by atoms with E-state index in [-0.39, 0.29) is 5.78 Å². The maximum atomic E-state index is 12.8. The van der Waals surface area contributed by atoms with Crippen LogP contribution in [0.15, 0.2) is 41.9 Å². The molecule has 0 radical (unpaired) electrons. The van der Waals surface area contributed by atoms with Gasteiger partial charge in [0, 0.05) is 23.2 Å². The number of nitrogens with zero attached hydrogens (tertiary/aromatic N) is 2. The fourth-order valence-corrected chi connectivity index (χ4v) is 4.89. The van der Waals surface area contributed by atoms with E-state index in [1.165, 1.54) is 23.3 Å². The van der Waals surface area contributed by atoms with Crippen LogP contribution in [0.4, 0.5) is 0 Å². The summed E-state index contributed by atoms with van der Waals surface area (Å²) in [6, 6.07) is 10.4. The van der Waals surface area contributed by atoms with Crippen LogP contribution in [0.2, 0.25) is 0 Å². The summed E-state index contributed by atoms with van der Waals surface area (Å²) in [5.41, 5.74) is 3.03. The van der Waals surface area contributed by atoms with Gasteiger partial charge in [0.05, 0.1) is 10.4 Å². The van der Waals surface area contributed by atoms with E-state index < -0.39 is 0 Å². The number of carbonyl (C=O) groups is 1. The lowest BCUT2D eigenvalue weighted by molar-refractivity contribution is 0.104. The van der Waals surface area contributed by atoms with Gasteiger partial charge >= 0.3 is 0 Å². The van der Waals surface area contributed by atoms with Gasteiger partial charge in [0.1, 0.15) is 0 Å². The molecule has 2 aromatic heterocycles. The van der Waals surface area contributed by atoms with E-state index in [9.17, 15) is 4.79 Å². The first-order valence-corrected chi connectivity index (χ1v) is 10.7. The molecule has 5 heteroatoms. The van der Waals surface area contributed by atoms with E-state index >= 15 is 0 Å². The maximum Gasteiger partial charge on any atom is 0.202 e. The van der Waals surface area contributed by atoms with Crippen molar-refractivity contribution in [3.63, 3.8) is 0 Å². The van der Waals surface area contributed by atoms with Gasteiger partial charge in [-0.15, -0.1) is 11.3 Å². The number of benzene rings is 1. The van der Waals surface area contributed by atoms with Gasteiger partial charge < -0.3 is 10.7 Å². The zero-order valence-corrected chi connectivity index (χ0v) is 16.8. The van der Waals surface area contributed by atoms with Crippen molar-refractivity contribution in [2.24, 2.45) is 0 Å². The second-order valence-electron chi connectivity index (χ2n) is 7.60. The van der Waals surface area contributed by atoms with E-state index in [2.05, 4.69) is 24.9 Å². The summed E-state index contributed by atoms with van der Waals surface area (Å²) in [6.45, 7) is 6.83. The second-order valence-corrected chi connectivity index (χ2v) is 8.55. The molecule has 1 aliphatic rings. The minimum absolute atomic E-state index is 0.0919. The first-order valence-electron chi connectivity index (χ1n) is 9.80. The van der Waals surface area contributed by atoms with Gasteiger partial charge in [-0.2, -0.15) is 0 Å². The van der Waals surface area contributed by atoms with Gasteiger partial charge in [-0.05, 0) is 80.4 Å². The van der Waals surface area contributed by atoms with E-state index in [1.807, 2.05) is 35.7 Å². The van der Waals surface area contributed by atoms with E-state index in [1.54, 1.807) is 4.68 Å². The number of nitrogens with two attached hydrogens (primary N) is 1. The van der Waals surface area contributed by atoms with Crippen molar-refractivity contribution < 1.29 is 4.79 Å². The van der Waals surface area contributed by atoms with Crippen molar-refractivity contribution in [2.75, 3.05) is 18.9 Å². The third kappa shape index (κ3) is 3.42. The number of likely N-dealkylation sites (tertiary alicyclic amines) is 1. The summed E-state index contributed by atoms with van der Waals surface area (Å²) in [6.07, 6.45) is 5.55. The van der Waals surface area contributed by atoms with E-state index in [4.69, 9.17) is 5.84 Å². The standard InChI is InChI=1S/C22H27N3OS/c1-3-15(2)24-10-8-16(9-11-24)19-14-25(23)20-7-6-17(13-18(19)20)22(26)21-5-4-12-27-21/h4-7,12-16H,3,8-11,23H2,1-2H3. The monoisotopic (exact) mass is 381 g/mol. The predicted molar refractivity (Wildman–Crippen MR) is 113 cm³/mol. The Morgan fingerprint density at radius 3 is 2.74 bits per heavy atom. The lowest BCUT2D eigenvalue weighted by Crippen LogP contribution is -2.39. The number of thiophene rings is 1. The molecule has 1 atom stereocenters. The van der Waals surface area contributed by atoms with Crippen LogP contribution in [-0.2, 0) is 0 Å². The minimum atomic E-state index is 0.0919. The van der Waals surface area contributed by atoms with Crippen molar-refractivity contribution in [1.29, 1.82) is 0 Å². The van der Waals surface area contributed by atoms with Gasteiger partial charge in [0.2, 0.25) is 5.78 Å². The molecule has 4 nitrogen and oxygen atoms in total. The third-order valence-corrected chi connectivity index (χ3v) is 6.92. The fourth-order valence-electron chi connectivity index (χ4n) is 4.21. The zero-order chi connectivity index (χ0) is 19.0. The summed E-state index contributed by atoms with van der Waals surface area (Å²) in [5.74, 6) is 6.82. The number of carbonyl (C=O) groups excluding carboxylic acids is 1. The highest BCUT2D eigenvalue weighted by Crippen LogP contribution is 2.35. The summed E-state index contributed by atoms with van der Waals surface area (Å²) in [4.78, 5) is 16.1. The number of hydrogen-bond acceptors (Lipinski definition) is 4. The number of nitrogen functional groups attached to an aromatic ring is 1. The molecule has 0 spiro atoms. The molecule has 3 aromatic rings. The van der Waals surface area contributed by atoms with Crippen molar-refractivity contribution in [1.82, 2.24) is 9.58 Å². The Labute approximate surface area is 164 Å². The lowest BCUT2D eigenvalue weighted by atomic mass is 9.88. The molecule has 142 valence electrons. The van der Waals surface area contributed by atoms with Crippen LogP contribution >= 0.6 is 11.3 Å². The molecule has 0 amide bonds. The molecule has 1 aliphatic heterocycles. The lowest BCUT2D eigenvalue weighted by Gasteiger charge is -2.35. The second kappa shape index (κ2) is 7.49. The number of ketones is 1. The molecule has 3 heterocycles. The molecule has 2 N–H and O–H groups in total. The average Bonchev–Trinajstić information content (AvgIpc) is 3.35. The van der Waals surface area contributed by atoms with Gasteiger partial charge in [-0.25, -0.2) is 0 Å². The summed E-state index contributed by atoms with van der Waals surface area (Å²) < 4.78 is 1.71. The fraction of sp³-hybridized carbons (Fsp3) is 0.409. The molecule has 1 fully saturated rings. The molecular weight excluding hydrogens is 354 g/mol. The summed E-state index contributed by atoms with van der Waals surface area (Å²) >= 11 is 1.49. The number of piperidine rings is 1. The van der Waals surface area contributed by atoms with Crippen molar-refractivity contribution in [2.45, 2.75) is 45.1 Å². The molecule has 4 rings (SSSR count). The topological polar surface area (TPSA) is 51.3 Å². The van der Waals surface area contributed by atoms with E-state index in [0.717, 1.165) is 47.3 Å². The molecule has 1 saturated heterocycles. The van der Waals surface area contributed by atoms with Crippen molar-refractivity contribution in [3.8, 4) is 0 Å². The Kier molecular flexibility index (Phi) is 5.06. The van der Waals surface area contributed by atoms with E-state index in [0.29, 0.717) is 12.0 Å². The van der Waals surface area contributed by atoms with Crippen LogP contribution in [0.1, 0.15) is 59.8 Å². The van der Waals surface area contributed by atoms with Crippen LogP contribution < -0.4 is 5.84 Å². The maximum absolute atomic E-state index is 12.8. The van der Waals surface area contributed by atoms with Crippen molar-refractivity contribution in [3.05, 3.63) is 57.9 Å². The van der Waals surface area contributed by atoms with Crippen LogP contribution in [0, 0.1) is 0 Å². The SMILES string of the molecule is CCC(C)N1CCC(c2cn(N)c3ccc(C(=O)c4cccs4)cc23)CC1. The largest absolute Gasteiger partial charge is 0.339 e. The Hall–Kier alpha value is -2.11. The van der Waals surface area contributed by atoms with Gasteiger partial charge in [-0.1, -0.05) is 13.0 Å². The zero-order valence-electron chi connectivity index (χ0n) is 16.0. The average molecular weight is 382 g/mol. The smallest absolute Gasteiger partial charge is 0.202 e. The predicted octanol–water partition coefficient (Wildman–Crippen LogP) is 4.63. The van der Waals surface area contributed by atoms with Crippen LogP contribution in [-0.4, -0.2) is 34.5 Å². The molecule has 0 saturated carbocycles. The quantitative estimate of drug-likeness (QED) is 0.518. The molecule has 0 bridgehead atoms. The molecule has 27 heavy (non-hydrogen) atoms. The normalized spacial score (nSPS) is 17.4. The molecule has 0 aliphatic carbocycles. The van der Waals surface area contributed by atoms with Crippen LogP contribution in [0.3, 0.4) is 0 Å². The van der Waals surface area contributed by atoms with Gasteiger partial charge in [0.15, 0.2) is 0 Å². The number of fused-ring (bicyclic) bond motifs is 1.